The Bertz CT molecular complexity index is 1210. The van der Waals surface area contributed by atoms with Gasteiger partial charge in [-0.3, -0.25) is 4.79 Å². The Morgan fingerprint density at radius 3 is 2.70 bits per heavy atom. The first-order valence-corrected chi connectivity index (χ1v) is 13.2. The topological polar surface area (TPSA) is 109 Å². The lowest BCUT2D eigenvalue weighted by molar-refractivity contribution is -0.149. The van der Waals surface area contributed by atoms with Crippen molar-refractivity contribution in [3.05, 3.63) is 77.9 Å². The van der Waals surface area contributed by atoms with Crippen LogP contribution in [0.4, 0.5) is 5.69 Å². The Morgan fingerprint density at radius 2 is 1.97 bits per heavy atom. The molecular weight excluding hydrogens is 492 g/mol. The molecule has 2 unspecified atom stereocenters. The van der Waals surface area contributed by atoms with E-state index >= 15 is 0 Å². The molecule has 1 aliphatic heterocycles. The van der Waals surface area contributed by atoms with Gasteiger partial charge in [-0.25, -0.2) is 4.79 Å². The molecule has 0 spiro atoms. The third-order valence-electron chi connectivity index (χ3n) is 6.21. The van der Waals surface area contributed by atoms with E-state index in [2.05, 4.69) is 11.2 Å². The van der Waals surface area contributed by atoms with Crippen molar-refractivity contribution in [1.82, 2.24) is 0 Å². The highest BCUT2D eigenvalue weighted by molar-refractivity contribution is 8.00. The van der Waals surface area contributed by atoms with Crippen LogP contribution in [0.15, 0.2) is 76.8 Å². The van der Waals surface area contributed by atoms with Gasteiger partial charge in [-0.15, -0.1) is 11.8 Å². The Kier molecular flexibility index (Phi) is 9.03. The highest BCUT2D eigenvalue weighted by Crippen LogP contribution is 2.36. The number of fused-ring (bicyclic) bond motifs is 1. The maximum atomic E-state index is 12.7. The van der Waals surface area contributed by atoms with Gasteiger partial charge in [0.15, 0.2) is 6.10 Å². The quantitative estimate of drug-likeness (QED) is 0.334. The van der Waals surface area contributed by atoms with Gasteiger partial charge in [0.05, 0.1) is 23.7 Å². The van der Waals surface area contributed by atoms with Crippen LogP contribution in [0.3, 0.4) is 0 Å². The zero-order valence-electron chi connectivity index (χ0n) is 20.6. The first-order chi connectivity index (χ1) is 18.0. The Balaban J connectivity index is 1.35. The molecule has 0 saturated heterocycles. The highest BCUT2D eigenvalue weighted by atomic mass is 32.2. The number of carboxylic acids is 1. The minimum absolute atomic E-state index is 0.00773. The molecule has 2 atom stereocenters. The average Bonchev–Trinajstić information content (AvgIpc) is 2.91. The summed E-state index contributed by atoms with van der Waals surface area (Å²) in [6.45, 7) is 2.84. The number of rotatable bonds is 11. The Labute approximate surface area is 220 Å². The molecule has 1 amide bonds. The summed E-state index contributed by atoms with van der Waals surface area (Å²) >= 11 is 1.53. The van der Waals surface area contributed by atoms with Gasteiger partial charge in [-0.1, -0.05) is 41.6 Å². The highest BCUT2D eigenvalue weighted by Gasteiger charge is 2.25. The number of ether oxygens (including phenoxy) is 2. The van der Waals surface area contributed by atoms with Crippen molar-refractivity contribution in [3.63, 3.8) is 0 Å². The van der Waals surface area contributed by atoms with Gasteiger partial charge >= 0.3 is 5.97 Å². The standard InChI is InChI=1S/C28H30N2O6S/c1-2-35-25(28(32)33)16-19-7-10-22(11-8-19)36-14-13-30-24-12-9-20(17-26(24)37-18-27(30)31)15-21-5-3-4-6-23(21)29-34/h3-12,17,21,25,34H,2,13-16,18H2,1H3,(H,32,33). The van der Waals surface area contributed by atoms with Crippen molar-refractivity contribution in [1.29, 1.82) is 0 Å². The molecule has 0 bridgehead atoms. The molecule has 1 aliphatic carbocycles. The number of carboxylic acid groups (broad SMARTS) is 1. The van der Waals surface area contributed by atoms with Gasteiger partial charge in [0, 0.05) is 23.8 Å². The SMILES string of the molecule is CCOC(Cc1ccc(OCCN2C(=O)CSc3cc(CC4C=CC=CC4=NO)ccc32)cc1)C(=O)O. The van der Waals surface area contributed by atoms with E-state index in [-0.39, 0.29) is 18.2 Å². The lowest BCUT2D eigenvalue weighted by Crippen LogP contribution is -2.38. The summed E-state index contributed by atoms with van der Waals surface area (Å²) in [4.78, 5) is 26.8. The lowest BCUT2D eigenvalue weighted by Gasteiger charge is -2.29. The zero-order valence-corrected chi connectivity index (χ0v) is 21.4. The molecule has 4 rings (SSSR count). The van der Waals surface area contributed by atoms with Gasteiger partial charge < -0.3 is 24.7 Å². The summed E-state index contributed by atoms with van der Waals surface area (Å²) < 4.78 is 11.1. The van der Waals surface area contributed by atoms with E-state index in [0.717, 1.165) is 21.7 Å². The van der Waals surface area contributed by atoms with Gasteiger partial charge in [-0.05, 0) is 54.8 Å². The summed E-state index contributed by atoms with van der Waals surface area (Å²) in [5.41, 5.74) is 3.45. The summed E-state index contributed by atoms with van der Waals surface area (Å²) in [6.07, 6.45) is 7.74. The number of allylic oxidation sites excluding steroid dienone is 4. The van der Waals surface area contributed by atoms with Crippen LogP contribution < -0.4 is 9.64 Å². The molecule has 0 fully saturated rings. The maximum Gasteiger partial charge on any atom is 0.333 e. The van der Waals surface area contributed by atoms with E-state index in [1.54, 1.807) is 30.0 Å². The third kappa shape index (κ3) is 6.81. The Hall–Kier alpha value is -3.56. The third-order valence-corrected chi connectivity index (χ3v) is 7.24. The molecule has 2 aromatic carbocycles. The van der Waals surface area contributed by atoms with Crippen LogP contribution in [0.25, 0.3) is 0 Å². The molecule has 2 aromatic rings. The number of anilines is 1. The van der Waals surface area contributed by atoms with Gasteiger partial charge in [-0.2, -0.15) is 0 Å². The van der Waals surface area contributed by atoms with Crippen molar-refractivity contribution in [3.8, 4) is 5.75 Å². The van der Waals surface area contributed by atoms with Crippen LogP contribution in [0, 0.1) is 5.92 Å². The van der Waals surface area contributed by atoms with Crippen LogP contribution in [0.2, 0.25) is 0 Å². The second-order valence-corrected chi connectivity index (χ2v) is 9.71. The van der Waals surface area contributed by atoms with E-state index in [0.29, 0.717) is 43.4 Å². The number of benzene rings is 2. The fourth-order valence-electron chi connectivity index (χ4n) is 4.34. The first-order valence-electron chi connectivity index (χ1n) is 12.2. The smallest absolute Gasteiger partial charge is 0.333 e. The van der Waals surface area contributed by atoms with Crippen LogP contribution in [0.5, 0.6) is 5.75 Å². The van der Waals surface area contributed by atoms with Crippen molar-refractivity contribution in [2.45, 2.75) is 30.8 Å². The fourth-order valence-corrected chi connectivity index (χ4v) is 5.33. The molecule has 0 radical (unpaired) electrons. The molecule has 0 aromatic heterocycles. The zero-order chi connectivity index (χ0) is 26.2. The van der Waals surface area contributed by atoms with Gasteiger partial charge in [0.1, 0.15) is 12.4 Å². The van der Waals surface area contributed by atoms with Gasteiger partial charge in [0.2, 0.25) is 5.91 Å². The number of thioether (sulfide) groups is 1. The number of aliphatic carboxylic acids is 1. The molecule has 2 aliphatic rings. The predicted molar refractivity (Wildman–Crippen MR) is 143 cm³/mol. The van der Waals surface area contributed by atoms with Crippen LogP contribution in [0.1, 0.15) is 18.1 Å². The predicted octanol–water partition coefficient (Wildman–Crippen LogP) is 4.35. The van der Waals surface area contributed by atoms with E-state index in [1.165, 1.54) is 11.8 Å². The molecule has 0 saturated carbocycles. The lowest BCUT2D eigenvalue weighted by atomic mass is 9.91. The summed E-state index contributed by atoms with van der Waals surface area (Å²) in [5, 5.41) is 21.9. The van der Waals surface area contributed by atoms with E-state index in [9.17, 15) is 19.9 Å². The van der Waals surface area contributed by atoms with E-state index in [4.69, 9.17) is 9.47 Å². The monoisotopic (exact) mass is 522 g/mol. The normalized spacial score (nSPS) is 18.6. The minimum Gasteiger partial charge on any atom is -0.492 e. The molecule has 8 nitrogen and oxygen atoms in total. The maximum absolute atomic E-state index is 12.7. The number of hydrogen-bond donors (Lipinski definition) is 2. The van der Waals surface area contributed by atoms with Gasteiger partial charge in [0.25, 0.3) is 0 Å². The van der Waals surface area contributed by atoms with Crippen molar-refractivity contribution < 1.29 is 29.4 Å². The van der Waals surface area contributed by atoms with Crippen molar-refractivity contribution >= 4 is 35.0 Å². The summed E-state index contributed by atoms with van der Waals surface area (Å²) in [7, 11) is 0. The number of amides is 1. The molecule has 9 heteroatoms. The summed E-state index contributed by atoms with van der Waals surface area (Å²) in [6, 6.07) is 13.3. The second kappa shape index (κ2) is 12.6. The average molecular weight is 523 g/mol. The number of oxime groups is 1. The van der Waals surface area contributed by atoms with Crippen LogP contribution in [-0.2, 0) is 27.2 Å². The molecule has 1 heterocycles. The minimum atomic E-state index is -0.981. The molecule has 2 N–H and O–H groups in total. The first kappa shape index (κ1) is 26.5. The van der Waals surface area contributed by atoms with Crippen LogP contribution >= 0.6 is 11.8 Å². The van der Waals surface area contributed by atoms with Crippen molar-refractivity contribution in [2.75, 3.05) is 30.4 Å². The number of carbonyl (C=O) groups is 2. The van der Waals surface area contributed by atoms with E-state index < -0.39 is 12.1 Å². The fraction of sp³-hybridized carbons (Fsp3) is 0.321. The number of hydrogen-bond acceptors (Lipinski definition) is 7. The molecule has 37 heavy (non-hydrogen) atoms. The largest absolute Gasteiger partial charge is 0.492 e. The van der Waals surface area contributed by atoms with E-state index in [1.807, 2.05) is 42.5 Å². The molecule has 194 valence electrons. The number of nitrogens with zero attached hydrogens (tertiary/aromatic N) is 2. The Morgan fingerprint density at radius 1 is 1.19 bits per heavy atom. The van der Waals surface area contributed by atoms with Crippen molar-refractivity contribution in [2.24, 2.45) is 11.1 Å². The molecular formula is C28H30N2O6S. The van der Waals surface area contributed by atoms with Crippen LogP contribution in [-0.4, -0.2) is 59.5 Å². The summed E-state index contributed by atoms with van der Waals surface area (Å²) in [5.74, 6) is 0.0804. The second-order valence-electron chi connectivity index (χ2n) is 8.69. The number of carbonyl (C=O) groups excluding carboxylic acids is 1.